The Labute approximate surface area is 133 Å². The number of pyridine rings is 1. The molecule has 0 bridgehead atoms. The van der Waals surface area contributed by atoms with Crippen LogP contribution in [0.15, 0.2) is 35.5 Å². The van der Waals surface area contributed by atoms with Crippen LogP contribution in [0, 0.1) is 6.92 Å². The second-order valence-corrected chi connectivity index (χ2v) is 5.70. The summed E-state index contributed by atoms with van der Waals surface area (Å²) < 4.78 is 0. The third-order valence-electron chi connectivity index (χ3n) is 3.97. The predicted molar refractivity (Wildman–Crippen MR) is 86.4 cm³/mol. The van der Waals surface area contributed by atoms with E-state index in [1.165, 1.54) is 12.3 Å². The van der Waals surface area contributed by atoms with E-state index in [2.05, 4.69) is 20.3 Å². The third-order valence-corrected chi connectivity index (χ3v) is 3.97. The zero-order chi connectivity index (χ0) is 16.2. The van der Waals surface area contributed by atoms with E-state index in [4.69, 9.17) is 0 Å². The monoisotopic (exact) mass is 313 g/mol. The van der Waals surface area contributed by atoms with Gasteiger partial charge in [0.15, 0.2) is 0 Å². The van der Waals surface area contributed by atoms with E-state index in [0.717, 1.165) is 24.4 Å². The smallest absolute Gasteiger partial charge is 0.255 e. The number of carbonyl (C=O) groups is 1. The van der Waals surface area contributed by atoms with Crippen molar-refractivity contribution in [1.82, 2.24) is 19.9 Å². The van der Waals surface area contributed by atoms with Gasteiger partial charge in [0.1, 0.15) is 12.1 Å². The topological polar surface area (TPSA) is 91.0 Å². The number of H-pyrrole nitrogens is 1. The van der Waals surface area contributed by atoms with Gasteiger partial charge in [0, 0.05) is 43.2 Å². The van der Waals surface area contributed by atoms with Gasteiger partial charge in [0.2, 0.25) is 5.56 Å². The molecule has 23 heavy (non-hydrogen) atoms. The van der Waals surface area contributed by atoms with E-state index in [-0.39, 0.29) is 11.5 Å². The maximum absolute atomic E-state index is 12.4. The Balaban J connectivity index is 1.56. The number of anilines is 1. The van der Waals surface area contributed by atoms with Crippen molar-refractivity contribution in [3.63, 3.8) is 0 Å². The fourth-order valence-corrected chi connectivity index (χ4v) is 2.70. The molecule has 0 atom stereocenters. The minimum Gasteiger partial charge on any atom is -0.367 e. The Morgan fingerprint density at radius 1 is 1.30 bits per heavy atom. The SMILES string of the molecule is Cc1cc(NC2CCN(C(=O)c3ccc(=O)[nH]c3)CC2)ncn1. The van der Waals surface area contributed by atoms with E-state index in [0.29, 0.717) is 24.7 Å². The molecule has 120 valence electrons. The Hall–Kier alpha value is -2.70. The number of nitrogens with zero attached hydrogens (tertiary/aromatic N) is 3. The maximum Gasteiger partial charge on any atom is 0.255 e. The van der Waals surface area contributed by atoms with Gasteiger partial charge in [0.25, 0.3) is 5.91 Å². The molecule has 2 aromatic rings. The number of aromatic nitrogens is 3. The molecule has 0 unspecified atom stereocenters. The number of carbonyl (C=O) groups excluding carboxylic acids is 1. The Morgan fingerprint density at radius 2 is 2.09 bits per heavy atom. The van der Waals surface area contributed by atoms with Crippen molar-refractivity contribution in [2.45, 2.75) is 25.8 Å². The van der Waals surface area contributed by atoms with Gasteiger partial charge in [-0.3, -0.25) is 9.59 Å². The third kappa shape index (κ3) is 3.74. The van der Waals surface area contributed by atoms with E-state index >= 15 is 0 Å². The lowest BCUT2D eigenvalue weighted by molar-refractivity contribution is 0.0718. The molecule has 3 rings (SSSR count). The lowest BCUT2D eigenvalue weighted by Crippen LogP contribution is -2.42. The van der Waals surface area contributed by atoms with Gasteiger partial charge in [0.05, 0.1) is 5.56 Å². The van der Waals surface area contributed by atoms with E-state index < -0.39 is 0 Å². The molecule has 1 amide bonds. The Bertz CT molecular complexity index is 730. The quantitative estimate of drug-likeness (QED) is 0.888. The van der Waals surface area contributed by atoms with Crippen LogP contribution in [0.2, 0.25) is 0 Å². The number of rotatable bonds is 3. The highest BCUT2D eigenvalue weighted by atomic mass is 16.2. The van der Waals surface area contributed by atoms with E-state index in [1.807, 2.05) is 17.9 Å². The standard InChI is InChI=1S/C16H19N5O2/c1-11-8-14(19-10-18-11)20-13-4-6-21(7-5-13)16(23)12-2-3-15(22)17-9-12/h2-3,8-10,13H,4-7H2,1H3,(H,17,22)(H,18,19,20). The maximum atomic E-state index is 12.4. The van der Waals surface area contributed by atoms with Crippen molar-refractivity contribution in [1.29, 1.82) is 0 Å². The number of amides is 1. The number of aromatic amines is 1. The van der Waals surface area contributed by atoms with Crippen LogP contribution >= 0.6 is 0 Å². The normalized spacial score (nSPS) is 15.4. The molecule has 1 aliphatic rings. The van der Waals surface area contributed by atoms with Crippen molar-refractivity contribution in [3.05, 3.63) is 52.3 Å². The van der Waals surface area contributed by atoms with Crippen LogP contribution in [-0.2, 0) is 0 Å². The van der Waals surface area contributed by atoms with Crippen LogP contribution in [0.1, 0.15) is 28.9 Å². The number of piperidine rings is 1. The average Bonchev–Trinajstić information content (AvgIpc) is 2.56. The van der Waals surface area contributed by atoms with Crippen molar-refractivity contribution in [2.24, 2.45) is 0 Å². The molecule has 0 radical (unpaired) electrons. The second-order valence-electron chi connectivity index (χ2n) is 5.70. The fraction of sp³-hybridized carbons (Fsp3) is 0.375. The molecule has 3 heterocycles. The first-order valence-corrected chi connectivity index (χ1v) is 7.65. The molecule has 2 aromatic heterocycles. The second kappa shape index (κ2) is 6.60. The summed E-state index contributed by atoms with van der Waals surface area (Å²) in [6.07, 6.45) is 4.74. The molecule has 7 nitrogen and oxygen atoms in total. The van der Waals surface area contributed by atoms with Crippen LogP contribution in [0.4, 0.5) is 5.82 Å². The predicted octanol–water partition coefficient (Wildman–Crippen LogP) is 1.19. The highest BCUT2D eigenvalue weighted by Crippen LogP contribution is 2.17. The van der Waals surface area contributed by atoms with Crippen LogP contribution in [-0.4, -0.2) is 44.9 Å². The molecule has 0 aliphatic carbocycles. The lowest BCUT2D eigenvalue weighted by atomic mass is 10.0. The fourth-order valence-electron chi connectivity index (χ4n) is 2.70. The van der Waals surface area contributed by atoms with Gasteiger partial charge >= 0.3 is 0 Å². The first-order chi connectivity index (χ1) is 11.1. The number of likely N-dealkylation sites (tertiary alicyclic amines) is 1. The molecule has 0 saturated carbocycles. The molecule has 1 saturated heterocycles. The van der Waals surface area contributed by atoms with Crippen molar-refractivity contribution in [2.75, 3.05) is 18.4 Å². The zero-order valence-corrected chi connectivity index (χ0v) is 13.0. The Morgan fingerprint density at radius 3 is 2.74 bits per heavy atom. The number of aryl methyl sites for hydroxylation is 1. The largest absolute Gasteiger partial charge is 0.367 e. The van der Waals surface area contributed by atoms with Gasteiger partial charge in [-0.15, -0.1) is 0 Å². The number of hydrogen-bond donors (Lipinski definition) is 2. The van der Waals surface area contributed by atoms with Gasteiger partial charge in [-0.2, -0.15) is 0 Å². The van der Waals surface area contributed by atoms with Gasteiger partial charge in [-0.05, 0) is 25.8 Å². The molecular formula is C16H19N5O2. The number of hydrogen-bond acceptors (Lipinski definition) is 5. The van der Waals surface area contributed by atoms with Gasteiger partial charge < -0.3 is 15.2 Å². The van der Waals surface area contributed by atoms with E-state index in [9.17, 15) is 9.59 Å². The summed E-state index contributed by atoms with van der Waals surface area (Å²) in [4.78, 5) is 36.1. The highest BCUT2D eigenvalue weighted by molar-refractivity contribution is 5.93. The molecule has 1 aliphatic heterocycles. The molecule has 0 aromatic carbocycles. The molecule has 1 fully saturated rings. The van der Waals surface area contributed by atoms with Crippen molar-refractivity contribution in [3.8, 4) is 0 Å². The molecular weight excluding hydrogens is 294 g/mol. The van der Waals surface area contributed by atoms with Gasteiger partial charge in [-0.1, -0.05) is 0 Å². The minimum atomic E-state index is -0.204. The highest BCUT2D eigenvalue weighted by Gasteiger charge is 2.23. The Kier molecular flexibility index (Phi) is 4.36. The number of nitrogens with one attached hydrogen (secondary N) is 2. The van der Waals surface area contributed by atoms with Crippen LogP contribution < -0.4 is 10.9 Å². The summed E-state index contributed by atoms with van der Waals surface area (Å²) in [5.41, 5.74) is 1.24. The lowest BCUT2D eigenvalue weighted by Gasteiger charge is -2.32. The molecule has 7 heteroatoms. The summed E-state index contributed by atoms with van der Waals surface area (Å²) >= 11 is 0. The van der Waals surface area contributed by atoms with Gasteiger partial charge in [-0.25, -0.2) is 9.97 Å². The first-order valence-electron chi connectivity index (χ1n) is 7.65. The van der Waals surface area contributed by atoms with E-state index in [1.54, 1.807) is 12.4 Å². The summed E-state index contributed by atoms with van der Waals surface area (Å²) in [5.74, 6) is 0.778. The summed E-state index contributed by atoms with van der Waals surface area (Å²) in [7, 11) is 0. The molecule has 2 N–H and O–H groups in total. The molecule has 0 spiro atoms. The zero-order valence-electron chi connectivity index (χ0n) is 13.0. The first kappa shape index (κ1) is 15.2. The summed E-state index contributed by atoms with van der Waals surface area (Å²) in [5, 5.41) is 3.39. The van der Waals surface area contributed by atoms with Crippen molar-refractivity contribution >= 4 is 11.7 Å². The van der Waals surface area contributed by atoms with Crippen LogP contribution in [0.25, 0.3) is 0 Å². The summed E-state index contributed by atoms with van der Waals surface area (Å²) in [6.45, 7) is 3.29. The van der Waals surface area contributed by atoms with Crippen LogP contribution in [0.5, 0.6) is 0 Å². The minimum absolute atomic E-state index is 0.0439. The average molecular weight is 313 g/mol. The summed E-state index contributed by atoms with van der Waals surface area (Å²) in [6, 6.07) is 5.15. The van der Waals surface area contributed by atoms with Crippen LogP contribution in [0.3, 0.4) is 0 Å². The van der Waals surface area contributed by atoms with Crippen molar-refractivity contribution < 1.29 is 4.79 Å².